The van der Waals surface area contributed by atoms with E-state index in [2.05, 4.69) is 26.3 Å². The molecule has 3 aliphatic rings. The lowest BCUT2D eigenvalue weighted by atomic mass is 9.87. The smallest absolute Gasteiger partial charge is 0.364 e. The molecule has 2 saturated carbocycles. The number of pyridine rings is 1. The number of aliphatic hydroxyl groups is 3. The fraction of sp³-hybridized carbons (Fsp3) is 0.556. The first-order valence-corrected chi connectivity index (χ1v) is 22.7. The van der Waals surface area contributed by atoms with Crippen LogP contribution in [0.1, 0.15) is 96.2 Å². The van der Waals surface area contributed by atoms with Crippen LogP contribution >= 0.6 is 0 Å². The molecule has 4 amide bonds. The third-order valence-electron chi connectivity index (χ3n) is 12.3. The highest BCUT2D eigenvalue weighted by atomic mass is 16.7. The first-order chi connectivity index (χ1) is 32.3. The van der Waals surface area contributed by atoms with E-state index >= 15 is 0 Å². The molecule has 1 aromatic carbocycles. The van der Waals surface area contributed by atoms with Crippen LogP contribution in [0.4, 0.5) is 0 Å². The Morgan fingerprint density at radius 1 is 0.897 bits per heavy atom. The summed E-state index contributed by atoms with van der Waals surface area (Å²) < 4.78 is 12.3. The molecule has 3 unspecified atom stereocenters. The number of aromatic hydroxyl groups is 1. The summed E-state index contributed by atoms with van der Waals surface area (Å²) in [5, 5.41) is 68.2. The number of nitrogens with one attached hydrogen (secondary N) is 4. The van der Waals surface area contributed by atoms with Crippen LogP contribution in [0, 0.1) is 19.8 Å². The number of amides is 4. The molecule has 23 heteroatoms. The number of aliphatic carboxylic acids is 1. The molecule has 0 radical (unpaired) electrons. The average Bonchev–Trinajstić information content (AvgIpc) is 3.30. The van der Waals surface area contributed by atoms with Crippen LogP contribution in [0.5, 0.6) is 5.75 Å². The molecule has 1 aromatic heterocycles. The summed E-state index contributed by atoms with van der Waals surface area (Å²) in [7, 11) is 0. The fourth-order valence-electron chi connectivity index (χ4n) is 8.73. The number of nitrogens with zero attached hydrogens (tertiary/aromatic N) is 3. The van der Waals surface area contributed by atoms with Gasteiger partial charge in [-0.05, 0) is 80.8 Å². The number of ether oxygens (including phenoxy) is 2. The van der Waals surface area contributed by atoms with Gasteiger partial charge >= 0.3 is 5.97 Å². The Balaban J connectivity index is 1.30. The maximum absolute atomic E-state index is 13.5. The maximum Gasteiger partial charge on any atom is 0.364 e. The predicted molar refractivity (Wildman–Crippen MR) is 244 cm³/mol. The minimum absolute atomic E-state index is 0.00364. The standard InChI is InChI=1S/C45H67N11O12/c1-25-16-28(17-26(2)39(25)61)42(63)52-20-34(58)40(62)41-38(54-37(60)24-56(49)22-30(47)27-10-4-3-5-11-27)33(57)18-45(68-41,44(65)66)67-35-14-7-6-12-31(35)53-36(59)23-55(48)21-29(46)19-51-43(64)32-13-8-9-15-50-32/h8-9,13,15-17,21-22,27,31,33-35,38,40-41,57-58,61-62H,3-7,10-12,14,18-20,23-24,46-49H2,1-2H3,(H,51,64)(H,52,63)(H,53,59)(H,54,60)(H,65,66)/b29-21-,30-22-/t31?,33-,34+,35?,38+,40+,41?,45+/m0/s1. The molecule has 3 fully saturated rings. The second-order valence-corrected chi connectivity index (χ2v) is 17.8. The molecule has 374 valence electrons. The maximum atomic E-state index is 13.5. The number of carbonyl (C=O) groups excluding carboxylic acids is 4. The van der Waals surface area contributed by atoms with Gasteiger partial charge in [0.1, 0.15) is 36.7 Å². The quantitative estimate of drug-likeness (QED) is 0.0540. The van der Waals surface area contributed by atoms with Gasteiger partial charge in [-0.2, -0.15) is 0 Å². The van der Waals surface area contributed by atoms with Gasteiger partial charge in [0.15, 0.2) is 0 Å². The number of aromatic nitrogens is 1. The summed E-state index contributed by atoms with van der Waals surface area (Å²) in [4.78, 5) is 69.5. The van der Waals surface area contributed by atoms with Gasteiger partial charge in [-0.3, -0.25) is 24.2 Å². The van der Waals surface area contributed by atoms with Crippen molar-refractivity contribution in [3.8, 4) is 5.75 Å². The summed E-state index contributed by atoms with van der Waals surface area (Å²) in [6, 6.07) is 5.35. The largest absolute Gasteiger partial charge is 0.507 e. The Morgan fingerprint density at radius 2 is 1.53 bits per heavy atom. The minimum Gasteiger partial charge on any atom is -0.507 e. The van der Waals surface area contributed by atoms with Crippen molar-refractivity contribution in [2.24, 2.45) is 29.1 Å². The first kappa shape index (κ1) is 52.9. The number of hydrazine groups is 2. The molecule has 1 aliphatic heterocycles. The van der Waals surface area contributed by atoms with Crippen LogP contribution in [0.2, 0.25) is 0 Å². The molecular weight excluding hydrogens is 887 g/mol. The van der Waals surface area contributed by atoms with Gasteiger partial charge in [-0.25, -0.2) is 16.5 Å². The number of nitrogens with two attached hydrogens (primary N) is 4. The molecular formula is C45H67N11O12. The van der Waals surface area contributed by atoms with Gasteiger partial charge in [-0.15, -0.1) is 0 Å². The highest BCUT2D eigenvalue weighted by Gasteiger charge is 2.57. The summed E-state index contributed by atoms with van der Waals surface area (Å²) in [6.45, 7) is 1.62. The number of benzene rings is 1. The van der Waals surface area contributed by atoms with Crippen molar-refractivity contribution in [2.75, 3.05) is 26.2 Å². The zero-order chi connectivity index (χ0) is 49.7. The monoisotopic (exact) mass is 953 g/mol. The number of aliphatic hydroxyl groups excluding tert-OH is 3. The lowest BCUT2D eigenvalue weighted by Crippen LogP contribution is -2.69. The predicted octanol–water partition coefficient (Wildman–Crippen LogP) is -1.32. The Labute approximate surface area is 394 Å². The Kier molecular flexibility index (Phi) is 18.9. The molecule has 2 aromatic rings. The number of hydrogen-bond donors (Lipinski definition) is 13. The molecule has 0 spiro atoms. The SMILES string of the molecule is Cc1cc(C(=O)NC[C@@H](O)[C@@H](O)C2O[C@@](OC3CCCCC3NC(=O)CN(N)/C=C(\N)CNC(=O)c3ccccn3)(C(=O)O)C[C@H](O)[C@H]2NC(=O)CN(N)/C=C(\N)C2CCCCC2)cc(C)c1O. The van der Waals surface area contributed by atoms with E-state index in [9.17, 15) is 49.5 Å². The summed E-state index contributed by atoms with van der Waals surface area (Å²) in [5.74, 6) is 5.38. The van der Waals surface area contributed by atoms with Crippen LogP contribution in [0.15, 0.2) is 60.3 Å². The van der Waals surface area contributed by atoms with Crippen LogP contribution < -0.4 is 44.4 Å². The van der Waals surface area contributed by atoms with Gasteiger partial charge in [0.05, 0.1) is 36.9 Å². The van der Waals surface area contributed by atoms with E-state index in [1.54, 1.807) is 26.0 Å². The molecule has 23 nitrogen and oxygen atoms in total. The number of hydrogen-bond acceptors (Lipinski definition) is 18. The molecule has 2 heterocycles. The molecule has 0 bridgehead atoms. The van der Waals surface area contributed by atoms with Gasteiger partial charge in [0, 0.05) is 48.5 Å². The van der Waals surface area contributed by atoms with E-state index in [0.29, 0.717) is 36.1 Å². The van der Waals surface area contributed by atoms with E-state index < -0.39 is 104 Å². The number of allylic oxidation sites excluding steroid dienone is 1. The number of carbonyl (C=O) groups is 5. The number of phenolic OH excluding ortho intramolecular Hbond substituents is 1. The van der Waals surface area contributed by atoms with E-state index in [-0.39, 0.29) is 41.6 Å². The van der Waals surface area contributed by atoms with E-state index in [1.807, 2.05) is 0 Å². The number of carboxylic acids is 1. The van der Waals surface area contributed by atoms with Crippen molar-refractivity contribution in [2.45, 2.75) is 126 Å². The van der Waals surface area contributed by atoms with Gasteiger partial charge in [0.25, 0.3) is 17.6 Å². The van der Waals surface area contributed by atoms with Crippen molar-refractivity contribution >= 4 is 29.6 Å². The van der Waals surface area contributed by atoms with Crippen molar-refractivity contribution in [1.82, 2.24) is 36.3 Å². The van der Waals surface area contributed by atoms with Crippen LogP contribution in [-0.2, 0) is 23.9 Å². The second kappa shape index (κ2) is 24.3. The Bertz CT molecular complexity index is 2120. The Morgan fingerprint density at radius 3 is 2.18 bits per heavy atom. The highest BCUT2D eigenvalue weighted by molar-refractivity contribution is 5.95. The molecule has 8 atom stereocenters. The van der Waals surface area contributed by atoms with E-state index in [4.69, 9.17) is 32.6 Å². The van der Waals surface area contributed by atoms with Crippen LogP contribution in [-0.4, -0.2) is 145 Å². The lowest BCUT2D eigenvalue weighted by Gasteiger charge is -2.48. The normalized spacial score (nSPS) is 24.5. The van der Waals surface area contributed by atoms with Gasteiger partial charge < -0.3 is 77.8 Å². The van der Waals surface area contributed by atoms with Crippen LogP contribution in [0.3, 0.4) is 0 Å². The number of aryl methyl sites for hydroxylation is 2. The third-order valence-corrected chi connectivity index (χ3v) is 12.3. The fourth-order valence-corrected chi connectivity index (χ4v) is 8.73. The Hall–Kier alpha value is -6.08. The lowest BCUT2D eigenvalue weighted by molar-refractivity contribution is -0.325. The number of rotatable bonds is 20. The summed E-state index contributed by atoms with van der Waals surface area (Å²) >= 11 is 0. The van der Waals surface area contributed by atoms with Crippen molar-refractivity contribution in [3.05, 3.63) is 82.7 Å². The van der Waals surface area contributed by atoms with Crippen molar-refractivity contribution in [3.63, 3.8) is 0 Å². The third kappa shape index (κ3) is 14.5. The molecule has 17 N–H and O–H groups in total. The zero-order valence-corrected chi connectivity index (χ0v) is 38.4. The minimum atomic E-state index is -2.70. The second-order valence-electron chi connectivity index (χ2n) is 17.8. The highest BCUT2D eigenvalue weighted by Crippen LogP contribution is 2.37. The topological polar surface area (TPSA) is 377 Å². The molecule has 2 aliphatic carbocycles. The molecule has 68 heavy (non-hydrogen) atoms. The summed E-state index contributed by atoms with van der Waals surface area (Å²) in [5.41, 5.74) is 14.1. The average molecular weight is 954 g/mol. The number of carboxylic acid groups (broad SMARTS) is 1. The van der Waals surface area contributed by atoms with Crippen molar-refractivity contribution in [1.29, 1.82) is 0 Å². The molecule has 5 rings (SSSR count). The zero-order valence-electron chi connectivity index (χ0n) is 38.4. The van der Waals surface area contributed by atoms with E-state index in [1.165, 1.54) is 36.8 Å². The molecule has 1 saturated heterocycles. The van der Waals surface area contributed by atoms with E-state index in [0.717, 1.165) is 42.1 Å². The van der Waals surface area contributed by atoms with Gasteiger partial charge in [-0.1, -0.05) is 38.2 Å². The first-order valence-electron chi connectivity index (χ1n) is 22.7. The van der Waals surface area contributed by atoms with Crippen molar-refractivity contribution < 1.29 is 59.0 Å². The number of phenols is 1. The van der Waals surface area contributed by atoms with Gasteiger partial charge in [0.2, 0.25) is 11.8 Å². The summed E-state index contributed by atoms with van der Waals surface area (Å²) in [6.07, 6.45) is 1.40. The van der Waals surface area contributed by atoms with Crippen LogP contribution in [0.25, 0.3) is 0 Å².